The summed E-state index contributed by atoms with van der Waals surface area (Å²) in [5, 5.41) is 9.66. The fraction of sp³-hybridized carbons (Fsp3) is 0.360. The van der Waals surface area contributed by atoms with E-state index >= 15 is 0 Å². The highest BCUT2D eigenvalue weighted by Gasteiger charge is 2.23. The number of thioether (sulfide) groups is 1. The lowest BCUT2D eigenvalue weighted by molar-refractivity contribution is -0.127. The first kappa shape index (κ1) is 23.0. The monoisotopic (exact) mass is 463 g/mol. The molecule has 7 nitrogen and oxygen atoms in total. The summed E-state index contributed by atoms with van der Waals surface area (Å²) in [6, 6.07) is 20.0. The van der Waals surface area contributed by atoms with Crippen molar-refractivity contribution in [3.8, 4) is 0 Å². The van der Waals surface area contributed by atoms with Crippen molar-refractivity contribution < 1.29 is 9.59 Å². The number of hydrogen-bond acceptors (Lipinski definition) is 5. The molecule has 2 amide bonds. The average Bonchev–Trinajstić information content (AvgIpc) is 3.25. The third kappa shape index (κ3) is 6.68. The lowest BCUT2D eigenvalue weighted by Gasteiger charge is -2.25. The Balaban J connectivity index is 1.35. The van der Waals surface area contributed by atoms with Crippen molar-refractivity contribution >= 4 is 23.6 Å². The van der Waals surface area contributed by atoms with Crippen LogP contribution in [0.5, 0.6) is 0 Å². The molecule has 1 aliphatic rings. The zero-order valence-corrected chi connectivity index (χ0v) is 19.4. The Bertz CT molecular complexity index is 1050. The topological polar surface area (TPSA) is 88.9 Å². The lowest BCUT2D eigenvalue weighted by atomic mass is 9.95. The van der Waals surface area contributed by atoms with Crippen molar-refractivity contribution in [1.82, 2.24) is 25.6 Å². The molecular formula is C25H29N5O2S. The first-order valence-electron chi connectivity index (χ1n) is 11.4. The molecule has 2 aromatic carbocycles. The molecule has 0 atom stereocenters. The standard InChI is InChI=1S/C25H29N5O2S/c31-23(17-20-12-6-2-7-13-20)27-28-24(32)18-33-25-29-26-22(16-19-10-4-1-5-11-19)30(25)21-14-8-3-9-15-21/h1-2,4-7,10-13,21H,3,8-9,14-18H2,(H,27,31)(H,28,32). The number of carbonyl (C=O) groups is 2. The maximum atomic E-state index is 12.4. The largest absolute Gasteiger partial charge is 0.303 e. The number of hydrogen-bond donors (Lipinski definition) is 2. The molecule has 0 spiro atoms. The Morgan fingerprint density at radius 2 is 1.48 bits per heavy atom. The normalized spacial score (nSPS) is 14.1. The van der Waals surface area contributed by atoms with Gasteiger partial charge in [-0.2, -0.15) is 0 Å². The van der Waals surface area contributed by atoms with Crippen LogP contribution in [0.1, 0.15) is 55.1 Å². The fourth-order valence-corrected chi connectivity index (χ4v) is 4.97. The van der Waals surface area contributed by atoms with Crippen LogP contribution in [-0.4, -0.2) is 32.3 Å². The van der Waals surface area contributed by atoms with Crippen LogP contribution in [0.4, 0.5) is 0 Å². The van der Waals surface area contributed by atoms with Crippen molar-refractivity contribution in [2.75, 3.05) is 5.75 Å². The SMILES string of the molecule is O=C(CSc1nnc(Cc2ccccc2)n1C1CCCCC1)NNC(=O)Cc1ccccc1. The summed E-state index contributed by atoms with van der Waals surface area (Å²) in [6.45, 7) is 0. The van der Waals surface area contributed by atoms with Gasteiger partial charge in [-0.15, -0.1) is 10.2 Å². The van der Waals surface area contributed by atoms with E-state index in [1.54, 1.807) is 0 Å². The first-order valence-corrected chi connectivity index (χ1v) is 12.4. The second-order valence-corrected chi connectivity index (χ2v) is 9.21. The molecule has 172 valence electrons. The molecule has 1 saturated carbocycles. The number of hydrazine groups is 1. The number of rotatable bonds is 8. The summed E-state index contributed by atoms with van der Waals surface area (Å²) in [7, 11) is 0. The molecule has 1 heterocycles. The predicted octanol–water partition coefficient (Wildman–Crippen LogP) is 3.86. The van der Waals surface area contributed by atoms with Gasteiger partial charge < -0.3 is 4.57 Å². The Hall–Kier alpha value is -3.13. The van der Waals surface area contributed by atoms with E-state index in [0.29, 0.717) is 12.5 Å². The molecule has 1 fully saturated rings. The summed E-state index contributed by atoms with van der Waals surface area (Å²) in [5.74, 6) is 0.563. The molecule has 3 aromatic rings. The zero-order valence-electron chi connectivity index (χ0n) is 18.6. The predicted molar refractivity (Wildman–Crippen MR) is 129 cm³/mol. The molecule has 0 saturated heterocycles. The van der Waals surface area contributed by atoms with E-state index < -0.39 is 0 Å². The summed E-state index contributed by atoms with van der Waals surface area (Å²) < 4.78 is 2.23. The van der Waals surface area contributed by atoms with E-state index in [0.717, 1.165) is 29.4 Å². The molecule has 2 N–H and O–H groups in total. The van der Waals surface area contributed by atoms with Crippen LogP contribution in [0.25, 0.3) is 0 Å². The van der Waals surface area contributed by atoms with E-state index in [2.05, 4.69) is 37.7 Å². The highest BCUT2D eigenvalue weighted by molar-refractivity contribution is 7.99. The van der Waals surface area contributed by atoms with Gasteiger partial charge in [0.15, 0.2) is 5.16 Å². The number of aromatic nitrogens is 3. The van der Waals surface area contributed by atoms with Crippen molar-refractivity contribution in [1.29, 1.82) is 0 Å². The molecule has 4 rings (SSSR count). The van der Waals surface area contributed by atoms with Gasteiger partial charge in [-0.1, -0.05) is 91.7 Å². The van der Waals surface area contributed by atoms with Crippen LogP contribution in [0, 0.1) is 0 Å². The van der Waals surface area contributed by atoms with E-state index in [4.69, 9.17) is 0 Å². The minimum atomic E-state index is -0.274. The van der Waals surface area contributed by atoms with Gasteiger partial charge in [0.2, 0.25) is 11.8 Å². The molecular weight excluding hydrogens is 434 g/mol. The van der Waals surface area contributed by atoms with Crippen molar-refractivity contribution in [2.45, 2.75) is 56.1 Å². The molecule has 0 bridgehead atoms. The quantitative estimate of drug-likeness (QED) is 0.391. The third-order valence-electron chi connectivity index (χ3n) is 5.76. The number of amides is 2. The Labute approximate surface area is 198 Å². The summed E-state index contributed by atoms with van der Waals surface area (Å²) in [4.78, 5) is 24.4. The van der Waals surface area contributed by atoms with E-state index in [-0.39, 0.29) is 24.0 Å². The number of benzene rings is 2. The third-order valence-corrected chi connectivity index (χ3v) is 6.70. The molecule has 0 unspecified atom stereocenters. The number of carbonyl (C=O) groups excluding carboxylic acids is 2. The van der Waals surface area contributed by atoms with Gasteiger partial charge in [0.05, 0.1) is 12.2 Å². The Kier molecular flexibility index (Phi) is 8.14. The Morgan fingerprint density at radius 1 is 0.848 bits per heavy atom. The van der Waals surface area contributed by atoms with Gasteiger partial charge in [-0.05, 0) is 24.0 Å². The first-order chi connectivity index (χ1) is 16.2. The summed E-state index contributed by atoms with van der Waals surface area (Å²) in [5.41, 5.74) is 7.08. The van der Waals surface area contributed by atoms with Crippen LogP contribution in [0.2, 0.25) is 0 Å². The highest BCUT2D eigenvalue weighted by atomic mass is 32.2. The maximum Gasteiger partial charge on any atom is 0.248 e. The van der Waals surface area contributed by atoms with E-state index in [1.165, 1.54) is 36.6 Å². The molecule has 33 heavy (non-hydrogen) atoms. The van der Waals surface area contributed by atoms with Crippen LogP contribution >= 0.6 is 11.8 Å². The average molecular weight is 464 g/mol. The lowest BCUT2D eigenvalue weighted by Crippen LogP contribution is -2.43. The Morgan fingerprint density at radius 3 is 2.18 bits per heavy atom. The highest BCUT2D eigenvalue weighted by Crippen LogP contribution is 2.33. The second-order valence-electron chi connectivity index (χ2n) is 8.27. The van der Waals surface area contributed by atoms with Gasteiger partial charge in [0.1, 0.15) is 5.82 Å². The van der Waals surface area contributed by atoms with E-state index in [1.807, 2.05) is 48.5 Å². The fourth-order valence-electron chi connectivity index (χ4n) is 4.14. The van der Waals surface area contributed by atoms with Gasteiger partial charge >= 0.3 is 0 Å². The van der Waals surface area contributed by atoms with Crippen molar-refractivity contribution in [2.24, 2.45) is 0 Å². The minimum Gasteiger partial charge on any atom is -0.303 e. The number of nitrogens with zero attached hydrogens (tertiary/aromatic N) is 3. The second kappa shape index (κ2) is 11.7. The summed E-state index contributed by atoms with van der Waals surface area (Å²) in [6.07, 6.45) is 6.81. The van der Waals surface area contributed by atoms with Gasteiger partial charge in [-0.25, -0.2) is 0 Å². The van der Waals surface area contributed by atoms with Crippen molar-refractivity contribution in [3.63, 3.8) is 0 Å². The molecule has 1 aliphatic carbocycles. The smallest absolute Gasteiger partial charge is 0.248 e. The van der Waals surface area contributed by atoms with Gasteiger partial charge in [-0.3, -0.25) is 20.4 Å². The van der Waals surface area contributed by atoms with Gasteiger partial charge in [0, 0.05) is 12.5 Å². The van der Waals surface area contributed by atoms with Crippen molar-refractivity contribution in [3.05, 3.63) is 77.6 Å². The molecule has 0 aliphatic heterocycles. The van der Waals surface area contributed by atoms with Crippen LogP contribution in [0.3, 0.4) is 0 Å². The van der Waals surface area contributed by atoms with Crippen LogP contribution in [-0.2, 0) is 22.4 Å². The number of nitrogens with one attached hydrogen (secondary N) is 2. The van der Waals surface area contributed by atoms with Crippen LogP contribution in [0.15, 0.2) is 65.8 Å². The molecule has 1 aromatic heterocycles. The van der Waals surface area contributed by atoms with Gasteiger partial charge in [0.25, 0.3) is 0 Å². The van der Waals surface area contributed by atoms with Crippen LogP contribution < -0.4 is 10.9 Å². The maximum absolute atomic E-state index is 12.4. The van der Waals surface area contributed by atoms with E-state index in [9.17, 15) is 9.59 Å². The molecule has 0 radical (unpaired) electrons. The summed E-state index contributed by atoms with van der Waals surface area (Å²) >= 11 is 1.36. The zero-order chi connectivity index (χ0) is 22.9. The minimum absolute atomic E-state index is 0.155. The molecule has 8 heteroatoms.